The van der Waals surface area contributed by atoms with Gasteiger partial charge in [0.2, 0.25) is 5.75 Å². The molecule has 0 aromatic heterocycles. The molecule has 0 unspecified atom stereocenters. The smallest absolute Gasteiger partial charge is 0.315 e. The Balaban J connectivity index is 1.56. The highest BCUT2D eigenvalue weighted by molar-refractivity contribution is 5.85. The Labute approximate surface area is 184 Å². The van der Waals surface area contributed by atoms with E-state index < -0.39 is 22.3 Å². The zero-order valence-electron chi connectivity index (χ0n) is 17.2. The van der Waals surface area contributed by atoms with Crippen molar-refractivity contribution < 1.29 is 24.3 Å². The Morgan fingerprint density at radius 2 is 1.78 bits per heavy atom. The van der Waals surface area contributed by atoms with E-state index >= 15 is 0 Å². The van der Waals surface area contributed by atoms with Crippen molar-refractivity contribution in [2.45, 2.75) is 6.92 Å². The summed E-state index contributed by atoms with van der Waals surface area (Å²) < 4.78 is 10.6. The lowest BCUT2D eigenvalue weighted by molar-refractivity contribution is -0.386. The molecule has 0 aliphatic rings. The van der Waals surface area contributed by atoms with E-state index in [1.165, 1.54) is 12.3 Å². The molecule has 0 atom stereocenters. The van der Waals surface area contributed by atoms with Gasteiger partial charge in [0.15, 0.2) is 12.4 Å². The van der Waals surface area contributed by atoms with E-state index in [0.29, 0.717) is 5.75 Å². The number of hydrogen-bond acceptors (Lipinski definition) is 7. The fourth-order valence-corrected chi connectivity index (χ4v) is 2.83. The van der Waals surface area contributed by atoms with Crippen LogP contribution in [0.5, 0.6) is 17.2 Å². The van der Waals surface area contributed by atoms with E-state index in [4.69, 9.17) is 9.47 Å². The molecule has 164 valence electrons. The van der Waals surface area contributed by atoms with Gasteiger partial charge in [0.05, 0.1) is 17.7 Å². The number of phenols is 1. The molecule has 3 rings (SSSR count). The number of nitro benzene ring substituents is 1. The van der Waals surface area contributed by atoms with Crippen LogP contribution in [0, 0.1) is 10.1 Å². The van der Waals surface area contributed by atoms with Gasteiger partial charge in [-0.05, 0) is 36.2 Å². The molecule has 0 bridgehead atoms. The van der Waals surface area contributed by atoms with Gasteiger partial charge in [0.1, 0.15) is 5.75 Å². The fourth-order valence-electron chi connectivity index (χ4n) is 2.83. The fraction of sp³-hybridized carbons (Fsp3) is 0.130. The summed E-state index contributed by atoms with van der Waals surface area (Å²) in [6.07, 6.45) is 1.21. The zero-order chi connectivity index (χ0) is 22.9. The van der Waals surface area contributed by atoms with E-state index in [1.54, 1.807) is 19.1 Å². The standard InChI is InChI=1S/C23H21N3O6/c1-2-31-21-13-16(12-20(23(21)28)26(29)30)14-24-25-22(27)15-32-19-10-8-18(9-11-19)17-6-4-3-5-7-17/h3-14,28H,2,15H2,1H3,(H,25,27). The second-order valence-corrected chi connectivity index (χ2v) is 6.55. The average molecular weight is 435 g/mol. The van der Waals surface area contributed by atoms with Crippen molar-refractivity contribution in [2.75, 3.05) is 13.2 Å². The molecule has 9 nitrogen and oxygen atoms in total. The summed E-state index contributed by atoms with van der Waals surface area (Å²) >= 11 is 0. The van der Waals surface area contributed by atoms with E-state index in [9.17, 15) is 20.0 Å². The Morgan fingerprint density at radius 1 is 1.09 bits per heavy atom. The normalized spacial score (nSPS) is 10.7. The van der Waals surface area contributed by atoms with Crippen LogP contribution in [-0.2, 0) is 4.79 Å². The predicted molar refractivity (Wildman–Crippen MR) is 119 cm³/mol. The van der Waals surface area contributed by atoms with Gasteiger partial charge in [-0.2, -0.15) is 5.10 Å². The Hall–Kier alpha value is -4.40. The molecule has 2 N–H and O–H groups in total. The first kappa shape index (κ1) is 22.3. The monoisotopic (exact) mass is 435 g/mol. The summed E-state index contributed by atoms with van der Waals surface area (Å²) in [5.74, 6) is -0.590. The van der Waals surface area contributed by atoms with E-state index in [-0.39, 0.29) is 24.5 Å². The van der Waals surface area contributed by atoms with Gasteiger partial charge in [-0.3, -0.25) is 14.9 Å². The summed E-state index contributed by atoms with van der Waals surface area (Å²) in [5, 5.41) is 24.8. The maximum atomic E-state index is 12.0. The lowest BCUT2D eigenvalue weighted by atomic mass is 10.1. The van der Waals surface area contributed by atoms with Crippen molar-refractivity contribution in [1.29, 1.82) is 0 Å². The highest BCUT2D eigenvalue weighted by Crippen LogP contribution is 2.36. The summed E-state index contributed by atoms with van der Waals surface area (Å²) in [4.78, 5) is 22.3. The van der Waals surface area contributed by atoms with Crippen LogP contribution in [0.1, 0.15) is 12.5 Å². The third kappa shape index (κ3) is 5.82. The van der Waals surface area contributed by atoms with E-state index in [1.807, 2.05) is 42.5 Å². The Bertz CT molecular complexity index is 1110. The number of aromatic hydroxyl groups is 1. The quantitative estimate of drug-likeness (QED) is 0.299. The first-order valence-corrected chi connectivity index (χ1v) is 9.72. The SMILES string of the molecule is CCOc1cc(C=NNC(=O)COc2ccc(-c3ccccc3)cc2)cc([N+](=O)[O-])c1O. The minimum atomic E-state index is -0.731. The van der Waals surface area contributed by atoms with E-state index in [2.05, 4.69) is 10.5 Å². The topological polar surface area (TPSA) is 123 Å². The molecule has 0 radical (unpaired) electrons. The Morgan fingerprint density at radius 3 is 2.44 bits per heavy atom. The van der Waals surface area contributed by atoms with Gasteiger partial charge in [0.25, 0.3) is 5.91 Å². The molecule has 32 heavy (non-hydrogen) atoms. The van der Waals surface area contributed by atoms with Crippen LogP contribution in [0.15, 0.2) is 71.8 Å². The maximum Gasteiger partial charge on any atom is 0.315 e. The van der Waals surface area contributed by atoms with Crippen LogP contribution in [0.2, 0.25) is 0 Å². The van der Waals surface area contributed by atoms with Crippen LogP contribution in [0.25, 0.3) is 11.1 Å². The largest absolute Gasteiger partial charge is 0.500 e. The predicted octanol–water partition coefficient (Wildman–Crippen LogP) is 3.90. The minimum absolute atomic E-state index is 0.0447. The molecule has 9 heteroatoms. The third-order valence-corrected chi connectivity index (χ3v) is 4.31. The maximum absolute atomic E-state index is 12.0. The van der Waals surface area contributed by atoms with Crippen LogP contribution in [-0.4, -0.2) is 35.4 Å². The summed E-state index contributed by atoms with van der Waals surface area (Å²) in [6, 6.07) is 19.7. The number of carbonyl (C=O) groups excluding carboxylic acids is 1. The lowest BCUT2D eigenvalue weighted by Gasteiger charge is -2.07. The molecule has 3 aromatic carbocycles. The van der Waals surface area contributed by atoms with Gasteiger partial charge in [0, 0.05) is 11.6 Å². The van der Waals surface area contributed by atoms with Crippen LogP contribution >= 0.6 is 0 Å². The number of amides is 1. The summed E-state index contributed by atoms with van der Waals surface area (Å²) in [5.41, 5.74) is 4.14. The van der Waals surface area contributed by atoms with Crippen molar-refractivity contribution in [3.05, 3.63) is 82.4 Å². The molecule has 0 aliphatic carbocycles. The molecule has 0 aliphatic heterocycles. The highest BCUT2D eigenvalue weighted by atomic mass is 16.6. The summed E-state index contributed by atoms with van der Waals surface area (Å²) in [7, 11) is 0. The van der Waals surface area contributed by atoms with Gasteiger partial charge < -0.3 is 14.6 Å². The number of nitrogens with one attached hydrogen (secondary N) is 1. The van der Waals surface area contributed by atoms with Crippen molar-refractivity contribution in [1.82, 2.24) is 5.43 Å². The molecule has 0 saturated heterocycles. The van der Waals surface area contributed by atoms with Crippen LogP contribution in [0.4, 0.5) is 5.69 Å². The molecular weight excluding hydrogens is 414 g/mol. The van der Waals surface area contributed by atoms with Gasteiger partial charge in [-0.25, -0.2) is 5.43 Å². The molecule has 3 aromatic rings. The molecule has 0 heterocycles. The number of hydrazone groups is 1. The van der Waals surface area contributed by atoms with Gasteiger partial charge >= 0.3 is 5.69 Å². The number of phenolic OH excluding ortho intramolecular Hbond substituents is 1. The van der Waals surface area contributed by atoms with Crippen LogP contribution < -0.4 is 14.9 Å². The number of nitro groups is 1. The van der Waals surface area contributed by atoms with E-state index in [0.717, 1.165) is 17.2 Å². The van der Waals surface area contributed by atoms with Crippen molar-refractivity contribution in [2.24, 2.45) is 5.10 Å². The molecule has 0 fully saturated rings. The van der Waals surface area contributed by atoms with Gasteiger partial charge in [-0.1, -0.05) is 42.5 Å². The van der Waals surface area contributed by atoms with Crippen molar-refractivity contribution >= 4 is 17.8 Å². The minimum Gasteiger partial charge on any atom is -0.500 e. The number of nitrogens with zero attached hydrogens (tertiary/aromatic N) is 2. The first-order chi connectivity index (χ1) is 15.5. The Kier molecular flexibility index (Phi) is 7.37. The highest BCUT2D eigenvalue weighted by Gasteiger charge is 2.19. The number of benzene rings is 3. The van der Waals surface area contributed by atoms with Crippen molar-refractivity contribution in [3.8, 4) is 28.4 Å². The summed E-state index contributed by atoms with van der Waals surface area (Å²) in [6.45, 7) is 1.63. The second-order valence-electron chi connectivity index (χ2n) is 6.55. The average Bonchev–Trinajstić information content (AvgIpc) is 2.80. The number of ether oxygens (including phenoxy) is 2. The third-order valence-electron chi connectivity index (χ3n) is 4.31. The van der Waals surface area contributed by atoms with Crippen LogP contribution in [0.3, 0.4) is 0 Å². The van der Waals surface area contributed by atoms with Gasteiger partial charge in [-0.15, -0.1) is 0 Å². The number of rotatable bonds is 9. The number of carbonyl (C=O) groups is 1. The first-order valence-electron chi connectivity index (χ1n) is 9.72. The zero-order valence-corrected chi connectivity index (χ0v) is 17.2. The molecule has 0 saturated carbocycles. The molecule has 0 spiro atoms. The van der Waals surface area contributed by atoms with Crippen molar-refractivity contribution in [3.63, 3.8) is 0 Å². The number of hydrogen-bond donors (Lipinski definition) is 2. The molecule has 1 amide bonds. The molecular formula is C23H21N3O6. The lowest BCUT2D eigenvalue weighted by Crippen LogP contribution is -2.24. The second kappa shape index (κ2) is 10.6.